The van der Waals surface area contributed by atoms with Crippen LogP contribution >= 0.6 is 0 Å². The monoisotopic (exact) mass is 308 g/mol. The van der Waals surface area contributed by atoms with Gasteiger partial charge in [0.15, 0.2) is 0 Å². The predicted octanol–water partition coefficient (Wildman–Crippen LogP) is 2.26. The van der Waals surface area contributed by atoms with Crippen LogP contribution in [0.2, 0.25) is 0 Å². The van der Waals surface area contributed by atoms with E-state index in [4.69, 9.17) is 5.11 Å². The second-order valence-electron chi connectivity index (χ2n) is 5.77. The summed E-state index contributed by atoms with van der Waals surface area (Å²) >= 11 is 0. The molecule has 6 heteroatoms. The van der Waals surface area contributed by atoms with Gasteiger partial charge in [0.1, 0.15) is 5.82 Å². The molecule has 0 aliphatic carbocycles. The van der Waals surface area contributed by atoms with Gasteiger partial charge in [0, 0.05) is 5.69 Å². The summed E-state index contributed by atoms with van der Waals surface area (Å²) in [4.78, 5) is 25.2. The number of hydrogen-bond acceptors (Lipinski definition) is 3. The van der Waals surface area contributed by atoms with E-state index in [0.29, 0.717) is 31.6 Å². The van der Waals surface area contributed by atoms with Crippen LogP contribution in [0.3, 0.4) is 0 Å². The number of hydrogen-bond donors (Lipinski definition) is 2. The second-order valence-corrected chi connectivity index (χ2v) is 5.77. The molecule has 0 saturated carbocycles. The summed E-state index contributed by atoms with van der Waals surface area (Å²) in [7, 11) is 0. The fourth-order valence-corrected chi connectivity index (χ4v) is 2.67. The smallest absolute Gasteiger partial charge is 0.306 e. The van der Waals surface area contributed by atoms with Gasteiger partial charge in [0.05, 0.1) is 12.0 Å². The summed E-state index contributed by atoms with van der Waals surface area (Å²) in [6, 6.07) is 3.90. The minimum Gasteiger partial charge on any atom is -0.481 e. The van der Waals surface area contributed by atoms with Crippen molar-refractivity contribution in [3.8, 4) is 0 Å². The highest BCUT2D eigenvalue weighted by Gasteiger charge is 2.29. The number of piperidine rings is 1. The maximum absolute atomic E-state index is 13.3. The third-order valence-corrected chi connectivity index (χ3v) is 4.26. The Hall–Kier alpha value is -1.95. The lowest BCUT2D eigenvalue weighted by molar-refractivity contribution is -0.143. The van der Waals surface area contributed by atoms with E-state index in [0.717, 1.165) is 5.56 Å². The Morgan fingerprint density at radius 1 is 1.36 bits per heavy atom. The lowest BCUT2D eigenvalue weighted by Crippen LogP contribution is -2.47. The molecule has 2 N–H and O–H groups in total. The highest BCUT2D eigenvalue weighted by Crippen LogP contribution is 2.21. The molecular weight excluding hydrogens is 287 g/mol. The van der Waals surface area contributed by atoms with Gasteiger partial charge in [0.2, 0.25) is 5.91 Å². The second kappa shape index (κ2) is 6.87. The van der Waals surface area contributed by atoms with Crippen LogP contribution in [0, 0.1) is 18.7 Å². The zero-order valence-corrected chi connectivity index (χ0v) is 12.8. The number of amides is 1. The Balaban J connectivity index is 1.95. The van der Waals surface area contributed by atoms with Crippen LogP contribution in [0.15, 0.2) is 18.2 Å². The summed E-state index contributed by atoms with van der Waals surface area (Å²) in [5.74, 6) is -1.69. The molecule has 1 fully saturated rings. The van der Waals surface area contributed by atoms with Gasteiger partial charge in [-0.2, -0.15) is 0 Å². The normalized spacial score (nSPS) is 18.0. The van der Waals surface area contributed by atoms with Crippen molar-refractivity contribution in [2.45, 2.75) is 32.7 Å². The number of rotatable bonds is 4. The zero-order valence-electron chi connectivity index (χ0n) is 12.8. The van der Waals surface area contributed by atoms with Gasteiger partial charge < -0.3 is 10.4 Å². The third kappa shape index (κ3) is 3.82. The molecule has 1 aromatic rings. The van der Waals surface area contributed by atoms with Crippen molar-refractivity contribution in [1.82, 2.24) is 4.90 Å². The van der Waals surface area contributed by atoms with Crippen LogP contribution in [0.25, 0.3) is 0 Å². The molecule has 120 valence electrons. The maximum Gasteiger partial charge on any atom is 0.306 e. The average molecular weight is 308 g/mol. The van der Waals surface area contributed by atoms with Gasteiger partial charge in [-0.15, -0.1) is 0 Å². The first-order chi connectivity index (χ1) is 10.4. The molecule has 1 unspecified atom stereocenters. The molecule has 0 bridgehead atoms. The van der Waals surface area contributed by atoms with E-state index in [2.05, 4.69) is 5.32 Å². The number of carbonyl (C=O) groups excluding carboxylic acids is 1. The Morgan fingerprint density at radius 3 is 2.59 bits per heavy atom. The Bertz CT molecular complexity index is 569. The number of carboxylic acids is 1. The van der Waals surface area contributed by atoms with Gasteiger partial charge in [-0.1, -0.05) is 6.07 Å². The molecular formula is C16H21FN2O3. The van der Waals surface area contributed by atoms with E-state index in [-0.39, 0.29) is 17.9 Å². The number of carboxylic acid groups (broad SMARTS) is 1. The SMILES string of the molecule is Cc1ccc(F)cc1NC(=O)C(C)N1CCC(C(=O)O)CC1. The number of aliphatic carboxylic acids is 1. The average Bonchev–Trinajstić information content (AvgIpc) is 2.50. The van der Waals surface area contributed by atoms with Crippen LogP contribution in [0.4, 0.5) is 10.1 Å². The van der Waals surface area contributed by atoms with Crippen molar-refractivity contribution in [3.63, 3.8) is 0 Å². The molecule has 0 aromatic heterocycles. The molecule has 1 heterocycles. The van der Waals surface area contributed by atoms with Gasteiger partial charge >= 0.3 is 5.97 Å². The summed E-state index contributed by atoms with van der Waals surface area (Å²) in [6.07, 6.45) is 1.10. The number of benzene rings is 1. The Labute approximate surface area is 129 Å². The number of nitrogens with zero attached hydrogens (tertiary/aromatic N) is 1. The fraction of sp³-hybridized carbons (Fsp3) is 0.500. The third-order valence-electron chi connectivity index (χ3n) is 4.26. The quantitative estimate of drug-likeness (QED) is 0.895. The molecule has 1 aliphatic rings. The van der Waals surface area contributed by atoms with Crippen LogP contribution < -0.4 is 5.32 Å². The first-order valence-corrected chi connectivity index (χ1v) is 7.42. The van der Waals surface area contributed by atoms with Gasteiger partial charge in [-0.25, -0.2) is 4.39 Å². The van der Waals surface area contributed by atoms with E-state index >= 15 is 0 Å². The van der Waals surface area contributed by atoms with Crippen molar-refractivity contribution >= 4 is 17.6 Å². The molecule has 1 aliphatic heterocycles. The first kappa shape index (κ1) is 16.4. The van der Waals surface area contributed by atoms with E-state index in [1.165, 1.54) is 12.1 Å². The highest BCUT2D eigenvalue weighted by atomic mass is 19.1. The minimum absolute atomic E-state index is 0.206. The molecule has 5 nitrogen and oxygen atoms in total. The molecule has 22 heavy (non-hydrogen) atoms. The van der Waals surface area contributed by atoms with E-state index in [9.17, 15) is 14.0 Å². The lowest BCUT2D eigenvalue weighted by atomic mass is 9.96. The predicted molar refractivity (Wildman–Crippen MR) is 81.2 cm³/mol. The zero-order chi connectivity index (χ0) is 16.3. The molecule has 1 saturated heterocycles. The summed E-state index contributed by atoms with van der Waals surface area (Å²) < 4.78 is 13.3. The van der Waals surface area contributed by atoms with Crippen LogP contribution in [-0.4, -0.2) is 41.0 Å². The number of halogens is 1. The molecule has 0 spiro atoms. The number of anilines is 1. The van der Waals surface area contributed by atoms with E-state index in [1.54, 1.807) is 19.9 Å². The lowest BCUT2D eigenvalue weighted by Gasteiger charge is -2.33. The van der Waals surface area contributed by atoms with Crippen LogP contribution in [0.5, 0.6) is 0 Å². The van der Waals surface area contributed by atoms with Gasteiger partial charge in [-0.3, -0.25) is 14.5 Å². The highest BCUT2D eigenvalue weighted by molar-refractivity contribution is 5.95. The number of aryl methyl sites for hydroxylation is 1. The number of likely N-dealkylation sites (tertiary alicyclic amines) is 1. The van der Waals surface area contributed by atoms with E-state index in [1.807, 2.05) is 4.90 Å². The van der Waals surface area contributed by atoms with Gasteiger partial charge in [-0.05, 0) is 57.5 Å². The van der Waals surface area contributed by atoms with E-state index < -0.39 is 11.8 Å². The standard InChI is InChI=1S/C16H21FN2O3/c1-10-3-4-13(17)9-14(10)18-15(20)11(2)19-7-5-12(6-8-19)16(21)22/h3-4,9,11-12H,5-8H2,1-2H3,(H,18,20)(H,21,22). The molecule has 2 rings (SSSR count). The molecule has 0 radical (unpaired) electrons. The first-order valence-electron chi connectivity index (χ1n) is 7.42. The van der Waals surface area contributed by atoms with Gasteiger partial charge in [0.25, 0.3) is 0 Å². The minimum atomic E-state index is -0.771. The molecule has 1 aromatic carbocycles. The van der Waals surface area contributed by atoms with Crippen molar-refractivity contribution in [3.05, 3.63) is 29.6 Å². The number of carbonyl (C=O) groups is 2. The topological polar surface area (TPSA) is 69.6 Å². The van der Waals surface area contributed by atoms with Crippen molar-refractivity contribution < 1.29 is 19.1 Å². The largest absolute Gasteiger partial charge is 0.481 e. The van der Waals surface area contributed by atoms with Crippen molar-refractivity contribution in [1.29, 1.82) is 0 Å². The summed E-state index contributed by atoms with van der Waals surface area (Å²) in [5.41, 5.74) is 1.27. The Kier molecular flexibility index (Phi) is 5.13. The molecule has 1 atom stereocenters. The maximum atomic E-state index is 13.3. The molecule has 1 amide bonds. The Morgan fingerprint density at radius 2 is 2.00 bits per heavy atom. The number of nitrogens with one attached hydrogen (secondary N) is 1. The summed E-state index contributed by atoms with van der Waals surface area (Å²) in [5, 5.41) is 11.7. The van der Waals surface area contributed by atoms with Crippen LogP contribution in [-0.2, 0) is 9.59 Å². The van der Waals surface area contributed by atoms with Crippen LogP contribution in [0.1, 0.15) is 25.3 Å². The fourth-order valence-electron chi connectivity index (χ4n) is 2.67. The van der Waals surface area contributed by atoms with Crippen molar-refractivity contribution in [2.24, 2.45) is 5.92 Å². The summed E-state index contributed by atoms with van der Waals surface area (Å²) in [6.45, 7) is 4.74. The van der Waals surface area contributed by atoms with Crippen molar-refractivity contribution in [2.75, 3.05) is 18.4 Å².